The van der Waals surface area contributed by atoms with Gasteiger partial charge in [0.25, 0.3) is 0 Å². The Labute approximate surface area is 135 Å². The summed E-state index contributed by atoms with van der Waals surface area (Å²) in [4.78, 5) is 22.9. The highest BCUT2D eigenvalue weighted by Gasteiger charge is 2.53. The molecule has 0 heterocycles. The molecule has 126 valence electrons. The van der Waals surface area contributed by atoms with Gasteiger partial charge in [0.15, 0.2) is 0 Å². The van der Waals surface area contributed by atoms with Crippen LogP contribution in [0, 0.1) is 5.92 Å². The quantitative estimate of drug-likeness (QED) is 0.877. The second kappa shape index (κ2) is 6.39. The number of carboxylic acid groups (broad SMARTS) is 1. The molecule has 1 aromatic rings. The van der Waals surface area contributed by atoms with Gasteiger partial charge in [0.2, 0.25) is 0 Å². The lowest BCUT2D eigenvalue weighted by Crippen LogP contribution is -2.60. The fraction of sp³-hybridized carbons (Fsp3) is 0.467. The van der Waals surface area contributed by atoms with Crippen molar-refractivity contribution in [3.8, 4) is 0 Å². The van der Waals surface area contributed by atoms with Crippen LogP contribution in [0.25, 0.3) is 0 Å². The Balaban J connectivity index is 2.24. The summed E-state index contributed by atoms with van der Waals surface area (Å²) in [7, 11) is 0. The Bertz CT molecular complexity index is 603. The Kier molecular flexibility index (Phi) is 4.89. The van der Waals surface area contributed by atoms with Crippen molar-refractivity contribution in [3.05, 3.63) is 34.9 Å². The second-order valence-electron chi connectivity index (χ2n) is 5.65. The van der Waals surface area contributed by atoms with E-state index in [0.29, 0.717) is 17.9 Å². The lowest BCUT2D eigenvalue weighted by molar-refractivity contribution is -0.178. The molecule has 2 atom stereocenters. The zero-order valence-corrected chi connectivity index (χ0v) is 12.7. The van der Waals surface area contributed by atoms with E-state index in [0.717, 1.165) is 5.56 Å². The third-order valence-corrected chi connectivity index (χ3v) is 4.44. The number of rotatable bonds is 4. The Hall–Kier alpha value is -1.76. The first kappa shape index (κ1) is 17.6. The van der Waals surface area contributed by atoms with Crippen molar-refractivity contribution in [1.82, 2.24) is 5.32 Å². The lowest BCUT2D eigenvalue weighted by atomic mass is 9.82. The summed E-state index contributed by atoms with van der Waals surface area (Å²) in [5, 5.41) is 11.7. The molecule has 1 fully saturated rings. The molecule has 4 nitrogen and oxygen atoms in total. The Morgan fingerprint density at radius 3 is 2.43 bits per heavy atom. The number of amides is 1. The van der Waals surface area contributed by atoms with E-state index in [2.05, 4.69) is 0 Å². The monoisotopic (exact) mass is 349 g/mol. The van der Waals surface area contributed by atoms with Gasteiger partial charge in [-0.1, -0.05) is 30.2 Å². The minimum Gasteiger partial charge on any atom is -0.479 e. The van der Waals surface area contributed by atoms with E-state index in [-0.39, 0.29) is 12.8 Å². The number of halogens is 4. The molecular formula is C15H15ClF3NO3. The average molecular weight is 350 g/mol. The molecule has 2 N–H and O–H groups in total. The molecule has 0 aliphatic heterocycles. The predicted molar refractivity (Wildman–Crippen MR) is 77.1 cm³/mol. The Morgan fingerprint density at radius 1 is 1.30 bits per heavy atom. The third kappa shape index (κ3) is 3.77. The molecule has 1 saturated carbocycles. The van der Waals surface area contributed by atoms with Crippen molar-refractivity contribution in [2.24, 2.45) is 5.92 Å². The van der Waals surface area contributed by atoms with Gasteiger partial charge in [-0.2, -0.15) is 13.2 Å². The molecule has 2 rings (SSSR count). The maximum absolute atomic E-state index is 12.5. The largest absolute Gasteiger partial charge is 0.479 e. The van der Waals surface area contributed by atoms with Crippen LogP contribution in [-0.2, 0) is 16.0 Å². The van der Waals surface area contributed by atoms with Gasteiger partial charge in [-0.15, -0.1) is 0 Å². The maximum atomic E-state index is 12.5. The summed E-state index contributed by atoms with van der Waals surface area (Å²) in [5.41, 5.74) is -1.14. The molecule has 0 radical (unpaired) electrons. The number of aliphatic carboxylic acids is 1. The summed E-state index contributed by atoms with van der Waals surface area (Å²) in [6, 6.07) is 6.64. The first-order valence-electron chi connectivity index (χ1n) is 7.02. The standard InChI is InChI=1S/C15H15ClF3NO3/c16-11-5-3-9(4-6-11)8-10-2-1-7-14(10,13(22)23)20-12(21)15(17,18)19/h3-6,10H,1-2,7-8H2,(H,20,21)(H,22,23). The van der Waals surface area contributed by atoms with E-state index >= 15 is 0 Å². The van der Waals surface area contributed by atoms with Gasteiger partial charge in [0.05, 0.1) is 0 Å². The van der Waals surface area contributed by atoms with E-state index in [4.69, 9.17) is 11.6 Å². The highest BCUT2D eigenvalue weighted by molar-refractivity contribution is 6.30. The molecule has 0 spiro atoms. The van der Waals surface area contributed by atoms with Crippen molar-refractivity contribution in [2.45, 2.75) is 37.4 Å². The number of benzene rings is 1. The van der Waals surface area contributed by atoms with Gasteiger partial charge in [-0.05, 0) is 42.9 Å². The van der Waals surface area contributed by atoms with E-state index in [1.165, 1.54) is 0 Å². The number of carbonyl (C=O) groups excluding carboxylic acids is 1. The van der Waals surface area contributed by atoms with Crippen molar-refractivity contribution in [1.29, 1.82) is 0 Å². The molecular weight excluding hydrogens is 335 g/mol. The van der Waals surface area contributed by atoms with E-state index in [1.807, 2.05) is 0 Å². The number of nitrogens with one attached hydrogen (secondary N) is 1. The van der Waals surface area contributed by atoms with E-state index in [9.17, 15) is 27.9 Å². The third-order valence-electron chi connectivity index (χ3n) is 4.19. The fourth-order valence-corrected chi connectivity index (χ4v) is 3.16. The maximum Gasteiger partial charge on any atom is 0.471 e. The highest BCUT2D eigenvalue weighted by Crippen LogP contribution is 2.39. The number of hydrogen-bond donors (Lipinski definition) is 2. The zero-order valence-electron chi connectivity index (χ0n) is 12.0. The number of alkyl halides is 3. The van der Waals surface area contributed by atoms with Crippen LogP contribution in [0.3, 0.4) is 0 Å². The molecule has 2 unspecified atom stereocenters. The van der Waals surface area contributed by atoms with Gasteiger partial charge >= 0.3 is 18.1 Å². The second-order valence-corrected chi connectivity index (χ2v) is 6.08. The molecule has 0 bridgehead atoms. The van der Waals surface area contributed by atoms with Crippen LogP contribution in [-0.4, -0.2) is 28.7 Å². The summed E-state index contributed by atoms with van der Waals surface area (Å²) in [6.07, 6.45) is -4.03. The Morgan fingerprint density at radius 2 is 1.91 bits per heavy atom. The topological polar surface area (TPSA) is 66.4 Å². The molecule has 1 amide bonds. The zero-order chi connectivity index (χ0) is 17.3. The lowest BCUT2D eigenvalue weighted by Gasteiger charge is -2.32. The number of carbonyl (C=O) groups is 2. The number of carboxylic acids is 1. The van der Waals surface area contributed by atoms with E-state index < -0.39 is 29.5 Å². The van der Waals surface area contributed by atoms with Gasteiger partial charge < -0.3 is 10.4 Å². The summed E-state index contributed by atoms with van der Waals surface area (Å²) >= 11 is 5.78. The molecule has 0 aromatic heterocycles. The minimum atomic E-state index is -5.12. The van der Waals surface area contributed by atoms with Crippen LogP contribution >= 0.6 is 11.6 Å². The predicted octanol–water partition coefficient (Wildman–Crippen LogP) is 3.18. The molecule has 1 aliphatic carbocycles. The number of hydrogen-bond acceptors (Lipinski definition) is 2. The van der Waals surface area contributed by atoms with Crippen molar-refractivity contribution < 1.29 is 27.9 Å². The normalized spacial score (nSPS) is 24.4. The minimum absolute atomic E-state index is 0.0254. The van der Waals surface area contributed by atoms with Crippen molar-refractivity contribution in [3.63, 3.8) is 0 Å². The molecule has 0 saturated heterocycles. The van der Waals surface area contributed by atoms with Gasteiger partial charge in [-0.25, -0.2) is 4.79 Å². The van der Waals surface area contributed by atoms with Crippen LogP contribution in [0.15, 0.2) is 24.3 Å². The summed E-state index contributed by atoms with van der Waals surface area (Å²) in [5.74, 6) is -4.28. The van der Waals surface area contributed by atoms with Crippen LogP contribution in [0.1, 0.15) is 24.8 Å². The highest BCUT2D eigenvalue weighted by atomic mass is 35.5. The van der Waals surface area contributed by atoms with Crippen LogP contribution in [0.5, 0.6) is 0 Å². The summed E-state index contributed by atoms with van der Waals surface area (Å²) in [6.45, 7) is 0. The van der Waals surface area contributed by atoms with Crippen molar-refractivity contribution >= 4 is 23.5 Å². The van der Waals surface area contributed by atoms with Crippen LogP contribution < -0.4 is 5.32 Å². The van der Waals surface area contributed by atoms with Gasteiger partial charge in [-0.3, -0.25) is 4.79 Å². The fourth-order valence-electron chi connectivity index (χ4n) is 3.03. The van der Waals surface area contributed by atoms with Gasteiger partial charge in [0.1, 0.15) is 5.54 Å². The SMILES string of the molecule is O=C(NC1(C(=O)O)CCCC1Cc1ccc(Cl)cc1)C(F)(F)F. The summed E-state index contributed by atoms with van der Waals surface area (Å²) < 4.78 is 37.5. The van der Waals surface area contributed by atoms with Crippen LogP contribution in [0.2, 0.25) is 5.02 Å². The smallest absolute Gasteiger partial charge is 0.471 e. The van der Waals surface area contributed by atoms with Crippen LogP contribution in [0.4, 0.5) is 13.2 Å². The van der Waals surface area contributed by atoms with Crippen molar-refractivity contribution in [2.75, 3.05) is 0 Å². The first-order chi connectivity index (χ1) is 10.6. The molecule has 23 heavy (non-hydrogen) atoms. The molecule has 1 aromatic carbocycles. The molecule has 1 aliphatic rings. The molecule has 8 heteroatoms. The van der Waals surface area contributed by atoms with E-state index in [1.54, 1.807) is 29.6 Å². The van der Waals surface area contributed by atoms with Gasteiger partial charge in [0, 0.05) is 5.02 Å². The average Bonchev–Trinajstić information content (AvgIpc) is 2.84. The first-order valence-corrected chi connectivity index (χ1v) is 7.40.